The quantitative estimate of drug-likeness (QED) is 0.118. The van der Waals surface area contributed by atoms with Crippen molar-refractivity contribution in [3.05, 3.63) is 65.9 Å². The number of aliphatic hydroxyl groups is 1. The lowest BCUT2D eigenvalue weighted by atomic mass is 9.97. The minimum absolute atomic E-state index is 0.0511. The van der Waals surface area contributed by atoms with Gasteiger partial charge in [-0.05, 0) is 68.0 Å². The maximum absolute atomic E-state index is 14.3. The zero-order valence-electron chi connectivity index (χ0n) is 30.4. The molecule has 4 amide bonds. The second-order valence-corrected chi connectivity index (χ2v) is 16.4. The highest BCUT2D eigenvalue weighted by Gasteiger charge is 2.34. The first-order valence-corrected chi connectivity index (χ1v) is 20.5. The van der Waals surface area contributed by atoms with Crippen molar-refractivity contribution in [3.8, 4) is 5.75 Å². The number of nitrogens with one attached hydrogen (secondary N) is 5. The average molecular weight is 769 g/mol. The van der Waals surface area contributed by atoms with Crippen molar-refractivity contribution in [1.29, 1.82) is 0 Å². The van der Waals surface area contributed by atoms with Gasteiger partial charge in [0.2, 0.25) is 23.6 Å². The molecule has 3 aromatic rings. The third-order valence-corrected chi connectivity index (χ3v) is 12.0. The van der Waals surface area contributed by atoms with E-state index >= 15 is 0 Å². The molecule has 4 rings (SSSR count). The predicted molar refractivity (Wildman–Crippen MR) is 209 cm³/mol. The number of hydrogen-bond acceptors (Lipinski definition) is 10. The molecule has 0 spiro atoms. The third-order valence-electron chi connectivity index (χ3n) is 9.20. The van der Waals surface area contributed by atoms with Crippen molar-refractivity contribution >= 4 is 61.9 Å². The van der Waals surface area contributed by atoms with Gasteiger partial charge in [-0.3, -0.25) is 24.0 Å². The number of unbranched alkanes of at least 4 members (excludes halogenated alkanes) is 1. The van der Waals surface area contributed by atoms with Crippen molar-refractivity contribution in [2.24, 2.45) is 17.6 Å². The number of phenols is 1. The minimum Gasteiger partial charge on any atom is -0.508 e. The van der Waals surface area contributed by atoms with Gasteiger partial charge in [-0.1, -0.05) is 65.8 Å². The van der Waals surface area contributed by atoms with E-state index in [-0.39, 0.29) is 49.0 Å². The summed E-state index contributed by atoms with van der Waals surface area (Å²) in [6.45, 7) is 5.49. The molecular formula is C38H52N6O7S2. The fraction of sp³-hybridized carbons (Fsp3) is 0.500. The predicted octanol–water partition coefficient (Wildman–Crippen LogP) is 2.73. The van der Waals surface area contributed by atoms with Gasteiger partial charge in [0.1, 0.15) is 29.9 Å². The molecule has 9 N–H and O–H groups in total. The SMILES string of the molecule is CC1CSSCC(C)C(=O)N[C@@H](Cc2ccc(O)cc2)C(=O)NC(Cc2c[nH]c3ccccc23)C(=O)N[C@@H](CCCCN)C(=O)NC([C@@H](C)O)C(=O)C1. The summed E-state index contributed by atoms with van der Waals surface area (Å²) in [5.41, 5.74) is 8.00. The van der Waals surface area contributed by atoms with E-state index in [2.05, 4.69) is 26.3 Å². The zero-order valence-corrected chi connectivity index (χ0v) is 32.1. The Labute approximate surface area is 318 Å². The molecule has 0 aliphatic carbocycles. The molecule has 0 bridgehead atoms. The van der Waals surface area contributed by atoms with Crippen LogP contribution in [0.4, 0.5) is 0 Å². The summed E-state index contributed by atoms with van der Waals surface area (Å²) in [4.78, 5) is 72.3. The lowest BCUT2D eigenvalue weighted by Gasteiger charge is -2.28. The number of phenolic OH excluding ortho intramolecular Hbond substituents is 1. The summed E-state index contributed by atoms with van der Waals surface area (Å²) >= 11 is 0. The van der Waals surface area contributed by atoms with Gasteiger partial charge in [-0.15, -0.1) is 0 Å². The molecule has 1 aromatic heterocycles. The van der Waals surface area contributed by atoms with Gasteiger partial charge in [0, 0.05) is 53.8 Å². The van der Waals surface area contributed by atoms with Crippen LogP contribution in [0, 0.1) is 11.8 Å². The van der Waals surface area contributed by atoms with Crippen LogP contribution in [0.25, 0.3) is 10.9 Å². The number of fused-ring (bicyclic) bond motifs is 1. The summed E-state index contributed by atoms with van der Waals surface area (Å²) < 4.78 is 0. The lowest BCUT2D eigenvalue weighted by Crippen LogP contribution is -2.59. The van der Waals surface area contributed by atoms with Gasteiger partial charge in [0.15, 0.2) is 5.78 Å². The summed E-state index contributed by atoms with van der Waals surface area (Å²) in [7, 11) is 3.00. The number of carbonyl (C=O) groups excluding carboxylic acids is 5. The number of amides is 4. The Morgan fingerprint density at radius 3 is 2.11 bits per heavy atom. The third kappa shape index (κ3) is 12.5. The molecule has 7 atom stereocenters. The lowest BCUT2D eigenvalue weighted by molar-refractivity contribution is -0.135. The number of H-pyrrole nitrogens is 1. The summed E-state index contributed by atoms with van der Waals surface area (Å²) in [6.07, 6.45) is 2.11. The van der Waals surface area contributed by atoms with Gasteiger partial charge in [0.05, 0.1) is 6.10 Å². The van der Waals surface area contributed by atoms with Crippen molar-refractivity contribution < 1.29 is 34.2 Å². The molecule has 15 heteroatoms. The number of benzene rings is 2. The highest BCUT2D eigenvalue weighted by molar-refractivity contribution is 8.76. The fourth-order valence-corrected chi connectivity index (χ4v) is 8.86. The number of aromatic nitrogens is 1. The smallest absolute Gasteiger partial charge is 0.243 e. The molecule has 288 valence electrons. The van der Waals surface area contributed by atoms with Gasteiger partial charge >= 0.3 is 0 Å². The first-order valence-electron chi connectivity index (χ1n) is 18.1. The number of Topliss-reactive ketones (excluding diaryl/α,β-unsaturated/α-hetero) is 1. The average Bonchev–Trinajstić information content (AvgIpc) is 3.53. The number of aliphatic hydroxyl groups excluding tert-OH is 1. The largest absolute Gasteiger partial charge is 0.508 e. The maximum atomic E-state index is 14.3. The van der Waals surface area contributed by atoms with Crippen LogP contribution < -0.4 is 27.0 Å². The molecule has 4 unspecified atom stereocenters. The van der Waals surface area contributed by atoms with E-state index in [9.17, 15) is 34.2 Å². The second-order valence-electron chi connectivity index (χ2n) is 13.9. The summed E-state index contributed by atoms with van der Waals surface area (Å²) in [6, 6.07) is 9.31. The van der Waals surface area contributed by atoms with Gasteiger partial charge in [0.25, 0.3) is 0 Å². The Hall–Kier alpha value is -4.05. The van der Waals surface area contributed by atoms with Gasteiger partial charge in [-0.25, -0.2) is 0 Å². The molecule has 0 saturated carbocycles. The standard InChI is InChI=1S/C38H52N6O7S2/c1-22-16-33(47)34(24(3)45)44-36(49)30(10-6-7-15-39)41-38(51)32(18-26-19-40-29-9-5-4-8-28(26)29)43-37(50)31(17-25-11-13-27(46)14-12-25)42-35(48)23(2)21-53-52-20-22/h4-5,8-9,11-14,19,22-24,30-32,34,40,45-46H,6-7,10,15-18,20-21,39H2,1-3H3,(H,41,51)(H,42,48)(H,43,50)(H,44,49)/t22?,23?,24-,30+,31+,32?,34?/m1/s1. The normalized spacial score (nSPS) is 25.2. The van der Waals surface area contributed by atoms with Crippen LogP contribution in [0.3, 0.4) is 0 Å². The second kappa shape index (κ2) is 20.4. The molecule has 0 radical (unpaired) electrons. The number of hydrogen-bond donors (Lipinski definition) is 8. The molecule has 53 heavy (non-hydrogen) atoms. The number of aromatic hydroxyl groups is 1. The Morgan fingerprint density at radius 2 is 1.42 bits per heavy atom. The van der Waals surface area contributed by atoms with E-state index in [1.807, 2.05) is 31.2 Å². The van der Waals surface area contributed by atoms with Crippen LogP contribution in [-0.2, 0) is 36.8 Å². The van der Waals surface area contributed by atoms with E-state index in [1.165, 1.54) is 40.6 Å². The van der Waals surface area contributed by atoms with Crippen molar-refractivity contribution in [2.75, 3.05) is 18.1 Å². The highest BCUT2D eigenvalue weighted by atomic mass is 33.1. The molecular weight excluding hydrogens is 717 g/mol. The van der Waals surface area contributed by atoms with Crippen LogP contribution in [-0.4, -0.2) is 92.9 Å². The molecule has 1 fully saturated rings. The van der Waals surface area contributed by atoms with E-state index in [0.717, 1.165) is 16.5 Å². The van der Waals surface area contributed by atoms with Gasteiger partial charge < -0.3 is 42.2 Å². The Bertz CT molecular complexity index is 1700. The number of rotatable bonds is 9. The Kier molecular flexibility index (Phi) is 16.1. The first-order chi connectivity index (χ1) is 25.4. The van der Waals surface area contributed by atoms with Crippen molar-refractivity contribution in [1.82, 2.24) is 26.3 Å². The van der Waals surface area contributed by atoms with Crippen LogP contribution in [0.2, 0.25) is 0 Å². The number of ketones is 1. The van der Waals surface area contributed by atoms with Crippen molar-refractivity contribution in [3.63, 3.8) is 0 Å². The molecule has 1 aliphatic heterocycles. The van der Waals surface area contributed by atoms with E-state index in [0.29, 0.717) is 36.5 Å². The summed E-state index contributed by atoms with van der Waals surface area (Å²) in [5.74, 6) is -2.03. The van der Waals surface area contributed by atoms with Crippen LogP contribution in [0.1, 0.15) is 57.6 Å². The zero-order chi connectivity index (χ0) is 38.5. The van der Waals surface area contributed by atoms with Gasteiger partial charge in [-0.2, -0.15) is 0 Å². The van der Waals surface area contributed by atoms with Crippen LogP contribution >= 0.6 is 21.6 Å². The molecule has 2 aromatic carbocycles. The minimum atomic E-state index is -1.19. The van der Waals surface area contributed by atoms with E-state index in [1.54, 1.807) is 25.3 Å². The molecule has 2 heterocycles. The highest BCUT2D eigenvalue weighted by Crippen LogP contribution is 2.28. The number of nitrogens with two attached hydrogens (primary N) is 1. The maximum Gasteiger partial charge on any atom is 0.243 e. The van der Waals surface area contributed by atoms with E-state index in [4.69, 9.17) is 5.73 Å². The summed E-state index contributed by atoms with van der Waals surface area (Å²) in [5, 5.41) is 32.5. The number of aromatic amines is 1. The molecule has 1 aliphatic rings. The Morgan fingerprint density at radius 1 is 0.792 bits per heavy atom. The number of para-hydroxylation sites is 1. The van der Waals surface area contributed by atoms with Crippen LogP contribution in [0.15, 0.2) is 54.7 Å². The topological polar surface area (TPSA) is 216 Å². The van der Waals surface area contributed by atoms with Crippen molar-refractivity contribution in [2.45, 2.75) is 89.6 Å². The fourth-order valence-electron chi connectivity index (χ4n) is 6.07. The van der Waals surface area contributed by atoms with Crippen LogP contribution in [0.5, 0.6) is 5.75 Å². The monoisotopic (exact) mass is 768 g/mol. The Balaban J connectivity index is 1.71. The first kappa shape index (κ1) is 41.7. The van der Waals surface area contributed by atoms with E-state index < -0.39 is 53.9 Å². The molecule has 1 saturated heterocycles. The number of carbonyl (C=O) groups is 5. The molecule has 13 nitrogen and oxygen atoms in total.